The lowest BCUT2D eigenvalue weighted by atomic mass is 10.2. The van der Waals surface area contributed by atoms with E-state index in [1.165, 1.54) is 16.8 Å². The molecule has 0 amide bonds. The Bertz CT molecular complexity index is 551. The Morgan fingerprint density at radius 2 is 2.00 bits per heavy atom. The number of aromatic nitrogens is 2. The summed E-state index contributed by atoms with van der Waals surface area (Å²) in [6, 6.07) is 4.10. The van der Waals surface area contributed by atoms with Crippen molar-refractivity contribution in [3.63, 3.8) is 0 Å². The standard InChI is InChI=1S/C12H12BrF2N3O/c13-8-5-10(14)9(11(15)6-8)7-16-12-1-2-18(17-12)3-4-19/h1-2,5-6,19H,3-4,7H2,(H,16,17). The number of aliphatic hydroxyl groups is 1. The Labute approximate surface area is 117 Å². The van der Waals surface area contributed by atoms with E-state index in [0.717, 1.165) is 0 Å². The maximum Gasteiger partial charge on any atom is 0.148 e. The molecule has 1 aromatic heterocycles. The van der Waals surface area contributed by atoms with Crippen LogP contribution in [0.15, 0.2) is 28.9 Å². The first-order chi connectivity index (χ1) is 9.10. The van der Waals surface area contributed by atoms with Crippen LogP contribution in [0.2, 0.25) is 0 Å². The molecule has 0 saturated heterocycles. The van der Waals surface area contributed by atoms with Crippen LogP contribution in [0, 0.1) is 11.6 Å². The minimum absolute atomic E-state index is 0.00108. The number of benzene rings is 1. The molecule has 0 aliphatic rings. The normalized spacial score (nSPS) is 10.7. The summed E-state index contributed by atoms with van der Waals surface area (Å²) in [5.74, 6) is -0.737. The van der Waals surface area contributed by atoms with Gasteiger partial charge in [0.15, 0.2) is 0 Å². The zero-order chi connectivity index (χ0) is 13.8. The zero-order valence-electron chi connectivity index (χ0n) is 9.91. The van der Waals surface area contributed by atoms with Gasteiger partial charge in [0.05, 0.1) is 13.2 Å². The molecule has 0 fully saturated rings. The second kappa shape index (κ2) is 6.12. The summed E-state index contributed by atoms with van der Waals surface area (Å²) in [4.78, 5) is 0. The minimum Gasteiger partial charge on any atom is -0.394 e. The van der Waals surface area contributed by atoms with Gasteiger partial charge in [-0.25, -0.2) is 8.78 Å². The van der Waals surface area contributed by atoms with E-state index < -0.39 is 11.6 Å². The van der Waals surface area contributed by atoms with Crippen molar-refractivity contribution in [2.75, 3.05) is 11.9 Å². The first-order valence-electron chi connectivity index (χ1n) is 5.62. The number of hydrogen-bond donors (Lipinski definition) is 2. The fourth-order valence-corrected chi connectivity index (χ4v) is 2.00. The Morgan fingerprint density at radius 3 is 2.63 bits per heavy atom. The second-order valence-electron chi connectivity index (χ2n) is 3.89. The van der Waals surface area contributed by atoms with Crippen LogP contribution in [0.3, 0.4) is 0 Å². The molecular weight excluding hydrogens is 320 g/mol. The molecule has 0 radical (unpaired) electrons. The SMILES string of the molecule is OCCn1ccc(NCc2c(F)cc(Br)cc2F)n1. The third kappa shape index (κ3) is 3.51. The molecular formula is C12H12BrF2N3O. The predicted octanol–water partition coefficient (Wildman–Crippen LogP) is 2.53. The summed E-state index contributed by atoms with van der Waals surface area (Å²) < 4.78 is 29.0. The molecule has 0 bridgehead atoms. The van der Waals surface area contributed by atoms with E-state index in [2.05, 4.69) is 26.3 Å². The molecule has 0 unspecified atom stereocenters. The summed E-state index contributed by atoms with van der Waals surface area (Å²) in [7, 11) is 0. The number of nitrogens with zero attached hydrogens (tertiary/aromatic N) is 2. The lowest BCUT2D eigenvalue weighted by Crippen LogP contribution is -2.07. The van der Waals surface area contributed by atoms with Crippen LogP contribution in [0.25, 0.3) is 0 Å². The van der Waals surface area contributed by atoms with Gasteiger partial charge in [-0.15, -0.1) is 0 Å². The molecule has 0 atom stereocenters. The van der Waals surface area contributed by atoms with Crippen LogP contribution in [0.5, 0.6) is 0 Å². The van der Waals surface area contributed by atoms with Gasteiger partial charge in [-0.05, 0) is 12.1 Å². The third-order valence-corrected chi connectivity index (χ3v) is 2.98. The van der Waals surface area contributed by atoms with E-state index in [1.54, 1.807) is 12.3 Å². The molecule has 0 spiro atoms. The molecule has 2 N–H and O–H groups in total. The summed E-state index contributed by atoms with van der Waals surface area (Å²) >= 11 is 3.02. The van der Waals surface area contributed by atoms with Gasteiger partial charge in [-0.3, -0.25) is 4.68 Å². The van der Waals surface area contributed by atoms with Crippen LogP contribution < -0.4 is 5.32 Å². The van der Waals surface area contributed by atoms with E-state index >= 15 is 0 Å². The van der Waals surface area contributed by atoms with Crippen molar-refractivity contribution in [3.05, 3.63) is 46.1 Å². The van der Waals surface area contributed by atoms with E-state index in [0.29, 0.717) is 16.8 Å². The van der Waals surface area contributed by atoms with E-state index in [-0.39, 0.29) is 18.7 Å². The van der Waals surface area contributed by atoms with Crippen LogP contribution in [-0.2, 0) is 13.1 Å². The Kier molecular flexibility index (Phi) is 4.49. The number of anilines is 1. The fraction of sp³-hybridized carbons (Fsp3) is 0.250. The van der Waals surface area contributed by atoms with E-state index in [1.807, 2.05) is 0 Å². The number of halogens is 3. The van der Waals surface area contributed by atoms with Crippen LogP contribution in [0.4, 0.5) is 14.6 Å². The average molecular weight is 332 g/mol. The molecule has 2 aromatic rings. The third-order valence-electron chi connectivity index (χ3n) is 2.52. The minimum atomic E-state index is -0.617. The maximum atomic E-state index is 13.6. The smallest absolute Gasteiger partial charge is 0.148 e. The van der Waals surface area contributed by atoms with Crippen molar-refractivity contribution >= 4 is 21.7 Å². The van der Waals surface area contributed by atoms with Crippen molar-refractivity contribution in [3.8, 4) is 0 Å². The number of aliphatic hydroxyl groups excluding tert-OH is 1. The Hall–Kier alpha value is -1.47. The quantitative estimate of drug-likeness (QED) is 0.885. The first kappa shape index (κ1) is 14.0. The largest absolute Gasteiger partial charge is 0.394 e. The highest BCUT2D eigenvalue weighted by Gasteiger charge is 2.10. The zero-order valence-corrected chi connectivity index (χ0v) is 11.5. The molecule has 1 aromatic carbocycles. The summed E-state index contributed by atoms with van der Waals surface area (Å²) in [6.45, 7) is 0.362. The Balaban J connectivity index is 2.05. The second-order valence-corrected chi connectivity index (χ2v) is 4.80. The van der Waals surface area contributed by atoms with Gasteiger partial charge in [0.25, 0.3) is 0 Å². The molecule has 0 aliphatic carbocycles. The maximum absolute atomic E-state index is 13.6. The van der Waals surface area contributed by atoms with Gasteiger partial charge in [0.2, 0.25) is 0 Å². The van der Waals surface area contributed by atoms with Gasteiger partial charge >= 0.3 is 0 Å². The number of nitrogens with one attached hydrogen (secondary N) is 1. The van der Waals surface area contributed by atoms with Crippen molar-refractivity contribution in [2.24, 2.45) is 0 Å². The highest BCUT2D eigenvalue weighted by molar-refractivity contribution is 9.10. The highest BCUT2D eigenvalue weighted by atomic mass is 79.9. The fourth-order valence-electron chi connectivity index (χ4n) is 1.60. The van der Waals surface area contributed by atoms with E-state index in [4.69, 9.17) is 5.11 Å². The molecule has 4 nitrogen and oxygen atoms in total. The topological polar surface area (TPSA) is 50.1 Å². The molecule has 0 saturated carbocycles. The Morgan fingerprint density at radius 1 is 1.32 bits per heavy atom. The lowest BCUT2D eigenvalue weighted by Gasteiger charge is -2.07. The average Bonchev–Trinajstić information content (AvgIpc) is 2.76. The van der Waals surface area contributed by atoms with Crippen molar-refractivity contribution in [2.45, 2.75) is 13.1 Å². The summed E-state index contributed by atoms with van der Waals surface area (Å²) in [5.41, 5.74) is -0.0418. The summed E-state index contributed by atoms with van der Waals surface area (Å²) in [5, 5.41) is 15.7. The van der Waals surface area contributed by atoms with Gasteiger partial charge in [-0.1, -0.05) is 15.9 Å². The molecule has 19 heavy (non-hydrogen) atoms. The monoisotopic (exact) mass is 331 g/mol. The van der Waals surface area contributed by atoms with Crippen molar-refractivity contribution in [1.29, 1.82) is 0 Å². The highest BCUT2D eigenvalue weighted by Crippen LogP contribution is 2.20. The summed E-state index contributed by atoms with van der Waals surface area (Å²) in [6.07, 6.45) is 1.67. The number of rotatable bonds is 5. The van der Waals surface area contributed by atoms with Crippen LogP contribution in [-0.4, -0.2) is 21.5 Å². The molecule has 0 aliphatic heterocycles. The molecule has 2 rings (SSSR count). The predicted molar refractivity (Wildman–Crippen MR) is 70.7 cm³/mol. The van der Waals surface area contributed by atoms with Crippen molar-refractivity contribution in [1.82, 2.24) is 9.78 Å². The van der Waals surface area contributed by atoms with Crippen LogP contribution >= 0.6 is 15.9 Å². The van der Waals surface area contributed by atoms with Crippen molar-refractivity contribution < 1.29 is 13.9 Å². The van der Waals surface area contributed by atoms with Gasteiger partial charge in [0, 0.05) is 28.8 Å². The molecule has 7 heteroatoms. The number of hydrogen-bond acceptors (Lipinski definition) is 3. The van der Waals surface area contributed by atoms with E-state index in [9.17, 15) is 8.78 Å². The van der Waals surface area contributed by atoms with Gasteiger partial charge in [-0.2, -0.15) is 5.10 Å². The molecule has 102 valence electrons. The molecule has 1 heterocycles. The van der Waals surface area contributed by atoms with Gasteiger partial charge in [0.1, 0.15) is 17.5 Å². The first-order valence-corrected chi connectivity index (χ1v) is 6.41. The van der Waals surface area contributed by atoms with Gasteiger partial charge < -0.3 is 10.4 Å². The lowest BCUT2D eigenvalue weighted by molar-refractivity contribution is 0.269. The van der Waals surface area contributed by atoms with Crippen LogP contribution in [0.1, 0.15) is 5.56 Å².